The van der Waals surface area contributed by atoms with Gasteiger partial charge in [0.05, 0.1) is 5.56 Å². The van der Waals surface area contributed by atoms with E-state index in [9.17, 15) is 18.0 Å². The number of ether oxygens (including phenoxy) is 1. The number of alkyl halides is 3. The molecular formula is C29H38ClF3N4O2. The van der Waals surface area contributed by atoms with Crippen molar-refractivity contribution in [3.8, 4) is 5.75 Å². The topological polar surface area (TPSA) is 48.9 Å². The molecule has 3 heterocycles. The molecule has 5 rings (SSSR count). The Morgan fingerprint density at radius 1 is 0.949 bits per heavy atom. The second-order valence-electron chi connectivity index (χ2n) is 10.9. The fourth-order valence-corrected chi connectivity index (χ4v) is 6.20. The van der Waals surface area contributed by atoms with E-state index in [2.05, 4.69) is 14.8 Å². The molecule has 1 aromatic heterocycles. The average Bonchev–Trinajstić information content (AvgIpc) is 2.94. The molecule has 2 aromatic rings. The Morgan fingerprint density at radius 2 is 1.67 bits per heavy atom. The maximum atomic E-state index is 14.1. The van der Waals surface area contributed by atoms with E-state index in [-0.39, 0.29) is 18.3 Å². The Hall–Kier alpha value is -2.52. The summed E-state index contributed by atoms with van der Waals surface area (Å²) in [5, 5.41) is 0. The highest BCUT2D eigenvalue weighted by Gasteiger charge is 2.48. The Morgan fingerprint density at radius 3 is 2.31 bits per heavy atom. The van der Waals surface area contributed by atoms with E-state index >= 15 is 0 Å². The number of carbonyl (C=O) groups is 1. The van der Waals surface area contributed by atoms with Crippen LogP contribution in [0.3, 0.4) is 0 Å². The molecule has 2 aliphatic heterocycles. The zero-order chi connectivity index (χ0) is 26.6. The van der Waals surface area contributed by atoms with Gasteiger partial charge in [0.15, 0.2) is 5.60 Å². The first-order valence-electron chi connectivity index (χ1n) is 13.9. The third kappa shape index (κ3) is 7.17. The molecule has 3 aliphatic rings. The number of aromatic nitrogens is 1. The SMILES string of the molecule is Cl.O=C(N1CCN(c2ccccn2)CC1)C1(Oc2ccc(C(F)(F)F)cc2)CCCN(CC2CCCCC2)C1. The van der Waals surface area contributed by atoms with Crippen molar-refractivity contribution in [2.45, 2.75) is 56.7 Å². The molecule has 6 nitrogen and oxygen atoms in total. The predicted octanol–water partition coefficient (Wildman–Crippen LogP) is 5.66. The maximum Gasteiger partial charge on any atom is 0.416 e. The Kier molecular flexibility index (Phi) is 9.64. The van der Waals surface area contributed by atoms with Gasteiger partial charge in [-0.3, -0.25) is 9.69 Å². The third-order valence-corrected chi connectivity index (χ3v) is 8.20. The first-order valence-corrected chi connectivity index (χ1v) is 13.9. The van der Waals surface area contributed by atoms with Crippen LogP contribution in [0.5, 0.6) is 5.75 Å². The highest BCUT2D eigenvalue weighted by molar-refractivity contribution is 5.86. The van der Waals surface area contributed by atoms with E-state index < -0.39 is 17.3 Å². The standard InChI is InChI=1S/C29H37F3N4O2.ClH/c30-29(31,32)24-10-12-25(13-11-24)38-28(14-6-16-34(22-28)21-23-7-2-1-3-8-23)27(37)36-19-17-35(18-20-36)26-9-4-5-15-33-26;/h4-5,9-13,15,23H,1-3,6-8,14,16-22H2;1H. The average molecular weight is 567 g/mol. The van der Waals surface area contributed by atoms with Gasteiger partial charge >= 0.3 is 6.18 Å². The second-order valence-corrected chi connectivity index (χ2v) is 10.9. The van der Waals surface area contributed by atoms with Gasteiger partial charge in [0.25, 0.3) is 5.91 Å². The zero-order valence-electron chi connectivity index (χ0n) is 22.2. The van der Waals surface area contributed by atoms with Gasteiger partial charge in [-0.05, 0) is 74.5 Å². The Labute approximate surface area is 234 Å². The number of halogens is 4. The van der Waals surface area contributed by atoms with E-state index in [1.165, 1.54) is 44.2 Å². The molecule has 2 saturated heterocycles. The van der Waals surface area contributed by atoms with Crippen LogP contribution in [-0.2, 0) is 11.0 Å². The van der Waals surface area contributed by atoms with Crippen molar-refractivity contribution in [1.29, 1.82) is 0 Å². The lowest BCUT2D eigenvalue weighted by Crippen LogP contribution is -2.64. The van der Waals surface area contributed by atoms with Gasteiger partial charge in [0, 0.05) is 45.5 Å². The summed E-state index contributed by atoms with van der Waals surface area (Å²) in [6.07, 6.45) is 4.95. The number of piperidine rings is 1. The van der Waals surface area contributed by atoms with E-state index in [1.54, 1.807) is 6.20 Å². The van der Waals surface area contributed by atoms with Gasteiger partial charge in [-0.15, -0.1) is 12.4 Å². The van der Waals surface area contributed by atoms with Gasteiger partial charge in [-0.2, -0.15) is 13.2 Å². The molecule has 0 bridgehead atoms. The number of amides is 1. The number of carbonyl (C=O) groups excluding carboxylic acids is 1. The number of likely N-dealkylation sites (tertiary alicyclic amines) is 1. The molecule has 10 heteroatoms. The van der Waals surface area contributed by atoms with Crippen LogP contribution in [0.15, 0.2) is 48.7 Å². The minimum Gasteiger partial charge on any atom is -0.476 e. The summed E-state index contributed by atoms with van der Waals surface area (Å²) in [5.41, 5.74) is -1.83. The van der Waals surface area contributed by atoms with Crippen LogP contribution >= 0.6 is 12.4 Å². The lowest BCUT2D eigenvalue weighted by atomic mass is 9.86. The van der Waals surface area contributed by atoms with Gasteiger partial charge in [-0.1, -0.05) is 25.3 Å². The Balaban J connectivity index is 0.00000353. The molecule has 0 N–H and O–H groups in total. The highest BCUT2D eigenvalue weighted by atomic mass is 35.5. The zero-order valence-corrected chi connectivity index (χ0v) is 23.1. The molecule has 0 spiro atoms. The molecule has 1 amide bonds. The predicted molar refractivity (Wildman–Crippen MR) is 147 cm³/mol. The summed E-state index contributed by atoms with van der Waals surface area (Å²) in [6.45, 7) is 4.76. The van der Waals surface area contributed by atoms with Crippen molar-refractivity contribution >= 4 is 24.1 Å². The van der Waals surface area contributed by atoms with E-state index in [0.717, 1.165) is 37.5 Å². The van der Waals surface area contributed by atoms with Crippen LogP contribution in [0.25, 0.3) is 0 Å². The van der Waals surface area contributed by atoms with Crippen LogP contribution < -0.4 is 9.64 Å². The van der Waals surface area contributed by atoms with Crippen molar-refractivity contribution < 1.29 is 22.7 Å². The molecule has 39 heavy (non-hydrogen) atoms. The number of piperazine rings is 1. The van der Waals surface area contributed by atoms with Crippen LogP contribution in [-0.4, -0.2) is 72.1 Å². The molecule has 214 valence electrons. The number of hydrogen-bond acceptors (Lipinski definition) is 5. The minimum atomic E-state index is -4.42. The molecule has 0 radical (unpaired) electrons. The first-order chi connectivity index (χ1) is 18.3. The first kappa shape index (κ1) is 29.5. The smallest absolute Gasteiger partial charge is 0.416 e. The summed E-state index contributed by atoms with van der Waals surface area (Å²) in [7, 11) is 0. The van der Waals surface area contributed by atoms with Crippen molar-refractivity contribution in [2.24, 2.45) is 5.92 Å². The summed E-state index contributed by atoms with van der Waals surface area (Å²) in [5.74, 6) is 1.76. The van der Waals surface area contributed by atoms with Crippen LogP contribution in [0.4, 0.5) is 19.0 Å². The summed E-state index contributed by atoms with van der Waals surface area (Å²) >= 11 is 0. The number of rotatable bonds is 6. The fraction of sp³-hybridized carbons (Fsp3) is 0.586. The quantitative estimate of drug-likeness (QED) is 0.451. The molecule has 1 aliphatic carbocycles. The number of pyridine rings is 1. The van der Waals surface area contributed by atoms with Gasteiger partial charge in [-0.25, -0.2) is 4.98 Å². The number of hydrogen-bond donors (Lipinski definition) is 0. The van der Waals surface area contributed by atoms with E-state index in [0.29, 0.717) is 50.8 Å². The van der Waals surface area contributed by atoms with Gasteiger partial charge < -0.3 is 14.5 Å². The van der Waals surface area contributed by atoms with Crippen molar-refractivity contribution in [3.63, 3.8) is 0 Å². The molecule has 3 fully saturated rings. The summed E-state index contributed by atoms with van der Waals surface area (Å²) < 4.78 is 45.8. The lowest BCUT2D eigenvalue weighted by Gasteiger charge is -2.46. The van der Waals surface area contributed by atoms with Crippen molar-refractivity contribution in [1.82, 2.24) is 14.8 Å². The van der Waals surface area contributed by atoms with E-state index in [4.69, 9.17) is 4.74 Å². The third-order valence-electron chi connectivity index (χ3n) is 8.20. The van der Waals surface area contributed by atoms with Crippen LogP contribution in [0.1, 0.15) is 50.5 Å². The normalized spacial score (nSPS) is 23.3. The lowest BCUT2D eigenvalue weighted by molar-refractivity contribution is -0.154. The van der Waals surface area contributed by atoms with E-state index in [1.807, 2.05) is 23.1 Å². The maximum absolute atomic E-state index is 14.1. The number of benzene rings is 1. The molecule has 1 unspecified atom stereocenters. The molecule has 1 aromatic carbocycles. The van der Waals surface area contributed by atoms with Gasteiger partial charge in [0.1, 0.15) is 11.6 Å². The molecular weight excluding hydrogens is 529 g/mol. The number of anilines is 1. The van der Waals surface area contributed by atoms with Crippen molar-refractivity contribution in [3.05, 3.63) is 54.2 Å². The minimum absolute atomic E-state index is 0. The van der Waals surface area contributed by atoms with Crippen LogP contribution in [0.2, 0.25) is 0 Å². The second kappa shape index (κ2) is 12.8. The van der Waals surface area contributed by atoms with Crippen LogP contribution in [0, 0.1) is 5.92 Å². The summed E-state index contributed by atoms with van der Waals surface area (Å²) in [4.78, 5) is 25.0. The summed E-state index contributed by atoms with van der Waals surface area (Å²) in [6, 6.07) is 10.6. The molecule has 1 atom stereocenters. The van der Waals surface area contributed by atoms with Gasteiger partial charge in [0.2, 0.25) is 0 Å². The fourth-order valence-electron chi connectivity index (χ4n) is 6.20. The largest absolute Gasteiger partial charge is 0.476 e. The monoisotopic (exact) mass is 566 g/mol. The molecule has 1 saturated carbocycles. The Bertz CT molecular complexity index is 1060. The highest BCUT2D eigenvalue weighted by Crippen LogP contribution is 2.35. The van der Waals surface area contributed by atoms with Crippen molar-refractivity contribution in [2.75, 3.05) is 50.7 Å². The number of nitrogens with zero attached hydrogens (tertiary/aromatic N) is 4.